The van der Waals surface area contributed by atoms with Crippen molar-refractivity contribution in [2.75, 3.05) is 0 Å². The number of aryl methyl sites for hydroxylation is 1. The molecule has 0 unspecified atom stereocenters. The second kappa shape index (κ2) is 5.84. The quantitative estimate of drug-likeness (QED) is 0.667. The molecule has 0 saturated carbocycles. The molecular weight excluding hydrogens is 313 g/mol. The zero-order chi connectivity index (χ0) is 14.8. The Morgan fingerprint density at radius 3 is 2.81 bits per heavy atom. The average Bonchev–Trinajstić information content (AvgIpc) is 3.10. The van der Waals surface area contributed by atoms with Crippen molar-refractivity contribution in [3.63, 3.8) is 0 Å². The van der Waals surface area contributed by atoms with Gasteiger partial charge in [0.05, 0.1) is 11.3 Å². The number of aromatic nitrogens is 1. The Morgan fingerprint density at radius 1 is 1.19 bits per heavy atom. The Kier molecular flexibility index (Phi) is 3.90. The number of nitrogens with zero attached hydrogens (tertiary/aromatic N) is 1. The Bertz CT molecular complexity index is 750. The Labute approximate surface area is 131 Å². The smallest absolute Gasteiger partial charge is 0.263 e. The van der Waals surface area contributed by atoms with Crippen LogP contribution in [0.2, 0.25) is 10.0 Å². The van der Waals surface area contributed by atoms with Crippen molar-refractivity contribution in [1.29, 1.82) is 0 Å². The summed E-state index contributed by atoms with van der Waals surface area (Å²) in [6, 6.07) is 8.78. The molecule has 3 aromatic rings. The van der Waals surface area contributed by atoms with Gasteiger partial charge in [-0.15, -0.1) is 0 Å². The molecule has 0 atom stereocenters. The minimum Gasteiger partial charge on any atom is -0.486 e. The first-order chi connectivity index (χ1) is 10.1. The zero-order valence-corrected chi connectivity index (χ0v) is 12.6. The number of hydrogen-bond acceptors (Lipinski definition) is 4. The molecule has 2 heterocycles. The van der Waals surface area contributed by atoms with Gasteiger partial charge in [0.15, 0.2) is 5.76 Å². The summed E-state index contributed by atoms with van der Waals surface area (Å²) in [5, 5.41) is 0.828. The van der Waals surface area contributed by atoms with E-state index in [2.05, 4.69) is 4.98 Å². The van der Waals surface area contributed by atoms with Crippen molar-refractivity contribution >= 4 is 23.2 Å². The number of furan rings is 1. The van der Waals surface area contributed by atoms with Gasteiger partial charge in [0, 0.05) is 0 Å². The molecule has 0 radical (unpaired) electrons. The third-order valence-electron chi connectivity index (χ3n) is 2.91. The van der Waals surface area contributed by atoms with Crippen molar-refractivity contribution < 1.29 is 13.6 Å². The lowest BCUT2D eigenvalue weighted by Crippen LogP contribution is -1.98. The van der Waals surface area contributed by atoms with E-state index in [1.165, 1.54) is 0 Å². The lowest BCUT2D eigenvalue weighted by Gasteiger charge is -2.07. The maximum absolute atomic E-state index is 6.07. The minimum atomic E-state index is 0.232. The predicted octanol–water partition coefficient (Wildman–Crippen LogP) is 5.13. The molecule has 0 aliphatic rings. The van der Waals surface area contributed by atoms with Crippen molar-refractivity contribution in [1.82, 2.24) is 4.98 Å². The molecule has 0 bridgehead atoms. The van der Waals surface area contributed by atoms with E-state index >= 15 is 0 Å². The molecular formula is C15H11Cl2NO3. The van der Waals surface area contributed by atoms with Gasteiger partial charge in [-0.3, -0.25) is 0 Å². The second-order valence-electron chi connectivity index (χ2n) is 4.34. The number of rotatable bonds is 4. The van der Waals surface area contributed by atoms with Crippen LogP contribution in [-0.4, -0.2) is 4.98 Å². The summed E-state index contributed by atoms with van der Waals surface area (Å²) in [5.41, 5.74) is 0.678. The first-order valence-electron chi connectivity index (χ1n) is 6.22. The van der Waals surface area contributed by atoms with Crippen molar-refractivity contribution in [2.45, 2.75) is 13.5 Å². The zero-order valence-electron chi connectivity index (χ0n) is 11.1. The van der Waals surface area contributed by atoms with Crippen LogP contribution in [0.1, 0.15) is 11.5 Å². The number of hydrogen-bond donors (Lipinski definition) is 0. The molecule has 3 rings (SSSR count). The van der Waals surface area contributed by atoms with Crippen LogP contribution < -0.4 is 4.74 Å². The van der Waals surface area contributed by atoms with Crippen LogP contribution in [0.4, 0.5) is 0 Å². The summed E-state index contributed by atoms with van der Waals surface area (Å²) < 4.78 is 16.5. The van der Waals surface area contributed by atoms with Gasteiger partial charge in [0.25, 0.3) is 5.89 Å². The molecule has 0 aliphatic carbocycles. The van der Waals surface area contributed by atoms with Gasteiger partial charge in [-0.1, -0.05) is 29.3 Å². The van der Waals surface area contributed by atoms with Gasteiger partial charge in [-0.25, -0.2) is 4.98 Å². The fourth-order valence-corrected chi connectivity index (χ4v) is 2.16. The van der Waals surface area contributed by atoms with E-state index in [0.29, 0.717) is 38.9 Å². The van der Waals surface area contributed by atoms with Crippen molar-refractivity contribution in [3.05, 3.63) is 58.1 Å². The van der Waals surface area contributed by atoms with Crippen LogP contribution in [0, 0.1) is 6.92 Å². The Hall–Kier alpha value is -1.91. The fourth-order valence-electron chi connectivity index (χ4n) is 1.81. The van der Waals surface area contributed by atoms with E-state index < -0.39 is 0 Å². The first kappa shape index (κ1) is 14.0. The summed E-state index contributed by atoms with van der Waals surface area (Å²) in [5.74, 6) is 2.17. The lowest BCUT2D eigenvalue weighted by molar-refractivity contribution is 0.299. The van der Waals surface area contributed by atoms with Gasteiger partial charge in [-0.2, -0.15) is 0 Å². The highest BCUT2D eigenvalue weighted by atomic mass is 35.5. The summed E-state index contributed by atoms with van der Waals surface area (Å²) in [4.78, 5) is 4.36. The molecule has 0 aliphatic heterocycles. The molecule has 4 nitrogen and oxygen atoms in total. The van der Waals surface area contributed by atoms with E-state index in [-0.39, 0.29) is 6.61 Å². The maximum Gasteiger partial charge on any atom is 0.263 e. The largest absolute Gasteiger partial charge is 0.486 e. The van der Waals surface area contributed by atoms with Gasteiger partial charge in [-0.05, 0) is 31.2 Å². The van der Waals surface area contributed by atoms with Crippen LogP contribution in [0.3, 0.4) is 0 Å². The molecule has 0 saturated heterocycles. The summed E-state index contributed by atoms with van der Waals surface area (Å²) in [6.07, 6.45) is 1.57. The summed E-state index contributed by atoms with van der Waals surface area (Å²) in [7, 11) is 0. The molecule has 1 aromatic carbocycles. The number of oxazole rings is 1. The fraction of sp³-hybridized carbons (Fsp3) is 0.133. The van der Waals surface area contributed by atoms with Crippen LogP contribution >= 0.6 is 23.2 Å². The topological polar surface area (TPSA) is 48.4 Å². The van der Waals surface area contributed by atoms with Gasteiger partial charge in [0.2, 0.25) is 0 Å². The predicted molar refractivity (Wildman–Crippen MR) is 79.7 cm³/mol. The molecule has 108 valence electrons. The average molecular weight is 324 g/mol. The van der Waals surface area contributed by atoms with E-state index in [9.17, 15) is 0 Å². The molecule has 21 heavy (non-hydrogen) atoms. The van der Waals surface area contributed by atoms with Crippen molar-refractivity contribution in [3.8, 4) is 17.4 Å². The third-order valence-corrected chi connectivity index (χ3v) is 3.71. The molecule has 2 aromatic heterocycles. The van der Waals surface area contributed by atoms with Crippen LogP contribution in [0.15, 0.2) is 45.4 Å². The van der Waals surface area contributed by atoms with Crippen LogP contribution in [0.25, 0.3) is 11.7 Å². The number of benzene rings is 1. The monoisotopic (exact) mass is 323 g/mol. The number of ether oxygens (including phenoxy) is 1. The van der Waals surface area contributed by atoms with Crippen LogP contribution in [0.5, 0.6) is 5.75 Å². The SMILES string of the molecule is Cc1oc(-c2ccco2)nc1COc1cccc(Cl)c1Cl. The molecule has 0 spiro atoms. The van der Waals surface area contributed by atoms with Gasteiger partial charge in [0.1, 0.15) is 28.8 Å². The molecule has 0 amide bonds. The molecule has 0 N–H and O–H groups in total. The standard InChI is InChI=1S/C15H11Cl2NO3/c1-9-11(18-15(21-9)13-6-3-7-19-13)8-20-12-5-2-4-10(16)14(12)17/h2-7H,8H2,1H3. The summed E-state index contributed by atoms with van der Waals surface area (Å²) >= 11 is 12.0. The van der Waals surface area contributed by atoms with Crippen LogP contribution in [-0.2, 0) is 6.61 Å². The minimum absolute atomic E-state index is 0.232. The Morgan fingerprint density at radius 2 is 2.05 bits per heavy atom. The molecule has 6 heteroatoms. The van der Waals surface area contributed by atoms with E-state index in [1.54, 1.807) is 36.6 Å². The lowest BCUT2D eigenvalue weighted by atomic mass is 10.3. The maximum atomic E-state index is 6.07. The number of halogens is 2. The molecule has 0 fully saturated rings. The highest BCUT2D eigenvalue weighted by Crippen LogP contribution is 2.32. The highest BCUT2D eigenvalue weighted by molar-refractivity contribution is 6.42. The second-order valence-corrected chi connectivity index (χ2v) is 5.12. The van der Waals surface area contributed by atoms with Gasteiger partial charge < -0.3 is 13.6 Å². The van der Waals surface area contributed by atoms with E-state index in [1.807, 2.05) is 6.92 Å². The third kappa shape index (κ3) is 2.91. The summed E-state index contributed by atoms with van der Waals surface area (Å²) in [6.45, 7) is 2.05. The first-order valence-corrected chi connectivity index (χ1v) is 6.97. The Balaban J connectivity index is 1.78. The highest BCUT2D eigenvalue weighted by Gasteiger charge is 2.14. The normalized spacial score (nSPS) is 10.8. The van der Waals surface area contributed by atoms with E-state index in [4.69, 9.17) is 36.8 Å². The van der Waals surface area contributed by atoms with E-state index in [0.717, 1.165) is 0 Å². The van der Waals surface area contributed by atoms with Crippen molar-refractivity contribution in [2.24, 2.45) is 0 Å². The van der Waals surface area contributed by atoms with Gasteiger partial charge >= 0.3 is 0 Å².